The van der Waals surface area contributed by atoms with E-state index < -0.39 is 0 Å². The van der Waals surface area contributed by atoms with Crippen molar-refractivity contribution >= 4 is 27.5 Å². The van der Waals surface area contributed by atoms with Crippen LogP contribution in [0.5, 0.6) is 0 Å². The third-order valence-electron chi connectivity index (χ3n) is 3.81. The molecular formula is C15H22BrN3O. The van der Waals surface area contributed by atoms with Crippen LogP contribution in [0.4, 0.5) is 5.69 Å². The van der Waals surface area contributed by atoms with Gasteiger partial charge in [0.05, 0.1) is 0 Å². The van der Waals surface area contributed by atoms with E-state index >= 15 is 0 Å². The second kappa shape index (κ2) is 7.09. The Balaban J connectivity index is 1.79. The van der Waals surface area contributed by atoms with Crippen molar-refractivity contribution < 1.29 is 4.79 Å². The van der Waals surface area contributed by atoms with Crippen molar-refractivity contribution in [1.82, 2.24) is 10.2 Å². The molecule has 0 spiro atoms. The molecule has 0 unspecified atom stereocenters. The van der Waals surface area contributed by atoms with Gasteiger partial charge in [0.2, 0.25) is 5.91 Å². The Labute approximate surface area is 128 Å². The molecule has 3 N–H and O–H groups in total. The van der Waals surface area contributed by atoms with Crippen molar-refractivity contribution in [2.24, 2.45) is 5.92 Å². The van der Waals surface area contributed by atoms with Gasteiger partial charge in [-0.25, -0.2) is 0 Å². The molecule has 4 nitrogen and oxygen atoms in total. The molecule has 1 heterocycles. The largest absolute Gasteiger partial charge is 0.398 e. The molecule has 0 aromatic heterocycles. The van der Waals surface area contributed by atoms with Crippen LogP contribution in [0.2, 0.25) is 0 Å². The molecule has 110 valence electrons. The number of carbonyl (C=O) groups is 1. The zero-order valence-electron chi connectivity index (χ0n) is 11.9. The molecule has 1 aromatic rings. The van der Waals surface area contributed by atoms with Crippen LogP contribution in [0, 0.1) is 5.92 Å². The van der Waals surface area contributed by atoms with E-state index in [0.29, 0.717) is 5.92 Å². The number of piperidine rings is 1. The average Bonchev–Trinajstić information content (AvgIpc) is 2.42. The topological polar surface area (TPSA) is 58.4 Å². The Morgan fingerprint density at radius 2 is 2.15 bits per heavy atom. The minimum Gasteiger partial charge on any atom is -0.398 e. The second-order valence-electron chi connectivity index (χ2n) is 5.51. The van der Waals surface area contributed by atoms with Gasteiger partial charge in [0.25, 0.3) is 0 Å². The maximum atomic E-state index is 10.9. The number of benzene rings is 1. The minimum absolute atomic E-state index is 0.0674. The van der Waals surface area contributed by atoms with Crippen molar-refractivity contribution in [1.29, 1.82) is 0 Å². The normalized spacial score (nSPS) is 17.1. The molecule has 0 bridgehead atoms. The Morgan fingerprint density at radius 3 is 2.75 bits per heavy atom. The van der Waals surface area contributed by atoms with Gasteiger partial charge >= 0.3 is 0 Å². The number of anilines is 1. The first-order valence-electron chi connectivity index (χ1n) is 7.05. The predicted octanol–water partition coefficient (Wildman–Crippen LogP) is 2.38. The zero-order valence-corrected chi connectivity index (χ0v) is 13.4. The van der Waals surface area contributed by atoms with E-state index in [1.54, 1.807) is 6.92 Å². The minimum atomic E-state index is 0.0674. The van der Waals surface area contributed by atoms with Crippen LogP contribution in [0.3, 0.4) is 0 Å². The Kier molecular flexibility index (Phi) is 5.43. The van der Waals surface area contributed by atoms with E-state index in [2.05, 4.69) is 32.2 Å². The van der Waals surface area contributed by atoms with Gasteiger partial charge in [-0.3, -0.25) is 9.69 Å². The summed E-state index contributed by atoms with van der Waals surface area (Å²) in [6.45, 7) is 5.51. The van der Waals surface area contributed by atoms with Crippen molar-refractivity contribution in [2.45, 2.75) is 26.3 Å². The Morgan fingerprint density at radius 1 is 1.45 bits per heavy atom. The van der Waals surface area contributed by atoms with Crippen LogP contribution in [-0.4, -0.2) is 30.4 Å². The van der Waals surface area contributed by atoms with Crippen molar-refractivity contribution in [3.8, 4) is 0 Å². The number of halogens is 1. The standard InChI is InChI=1S/C15H22BrN3O/c1-11(20)18-9-12-4-6-19(7-5-12)10-13-2-3-14(16)15(17)8-13/h2-3,8,12H,4-7,9-10,17H2,1H3,(H,18,20). The number of hydrogen-bond acceptors (Lipinski definition) is 3. The van der Waals surface area contributed by atoms with Gasteiger partial charge in [-0.1, -0.05) is 6.07 Å². The van der Waals surface area contributed by atoms with Crippen LogP contribution in [-0.2, 0) is 11.3 Å². The zero-order chi connectivity index (χ0) is 14.5. The SMILES string of the molecule is CC(=O)NCC1CCN(Cc2ccc(Br)c(N)c2)CC1. The molecule has 2 rings (SSSR count). The Bertz CT molecular complexity index is 470. The van der Waals surface area contributed by atoms with E-state index in [4.69, 9.17) is 5.73 Å². The highest BCUT2D eigenvalue weighted by molar-refractivity contribution is 9.10. The lowest BCUT2D eigenvalue weighted by Crippen LogP contribution is -2.37. The van der Waals surface area contributed by atoms with Gasteiger partial charge in [-0.15, -0.1) is 0 Å². The molecule has 1 aliphatic heterocycles. The molecule has 5 heteroatoms. The lowest BCUT2D eigenvalue weighted by molar-refractivity contribution is -0.119. The van der Waals surface area contributed by atoms with Crippen LogP contribution in [0.1, 0.15) is 25.3 Å². The van der Waals surface area contributed by atoms with Crippen LogP contribution >= 0.6 is 15.9 Å². The van der Waals surface area contributed by atoms with Gasteiger partial charge < -0.3 is 11.1 Å². The van der Waals surface area contributed by atoms with Gasteiger partial charge in [-0.05, 0) is 65.5 Å². The van der Waals surface area contributed by atoms with Crippen molar-refractivity contribution in [3.63, 3.8) is 0 Å². The molecule has 20 heavy (non-hydrogen) atoms. The number of amides is 1. The van der Waals surface area contributed by atoms with E-state index in [1.165, 1.54) is 5.56 Å². The fourth-order valence-electron chi connectivity index (χ4n) is 2.59. The number of hydrogen-bond donors (Lipinski definition) is 2. The lowest BCUT2D eigenvalue weighted by Gasteiger charge is -2.32. The van der Waals surface area contributed by atoms with Gasteiger partial charge in [0, 0.05) is 30.2 Å². The fourth-order valence-corrected chi connectivity index (χ4v) is 2.83. The summed E-state index contributed by atoms with van der Waals surface area (Å²) in [6, 6.07) is 6.16. The highest BCUT2D eigenvalue weighted by Gasteiger charge is 2.19. The number of rotatable bonds is 4. The summed E-state index contributed by atoms with van der Waals surface area (Å²) in [5, 5.41) is 2.91. The summed E-state index contributed by atoms with van der Waals surface area (Å²) in [5.41, 5.74) is 7.96. The maximum Gasteiger partial charge on any atom is 0.216 e. The highest BCUT2D eigenvalue weighted by atomic mass is 79.9. The van der Waals surface area contributed by atoms with Gasteiger partial charge in [0.1, 0.15) is 0 Å². The molecule has 0 saturated carbocycles. The average molecular weight is 340 g/mol. The molecule has 1 aromatic carbocycles. The van der Waals surface area contributed by atoms with Crippen molar-refractivity contribution in [3.05, 3.63) is 28.2 Å². The summed E-state index contributed by atoms with van der Waals surface area (Å²) in [7, 11) is 0. The third kappa shape index (κ3) is 4.49. The molecule has 0 radical (unpaired) electrons. The van der Waals surface area contributed by atoms with E-state index in [0.717, 1.165) is 49.2 Å². The molecule has 1 aliphatic rings. The van der Waals surface area contributed by atoms with E-state index in [1.807, 2.05) is 12.1 Å². The number of nitrogens with two attached hydrogens (primary N) is 1. The quantitative estimate of drug-likeness (QED) is 0.828. The third-order valence-corrected chi connectivity index (χ3v) is 4.54. The summed E-state index contributed by atoms with van der Waals surface area (Å²) in [6.07, 6.45) is 2.29. The first-order chi connectivity index (χ1) is 9.54. The van der Waals surface area contributed by atoms with E-state index in [-0.39, 0.29) is 5.91 Å². The maximum absolute atomic E-state index is 10.9. The molecule has 1 saturated heterocycles. The second-order valence-corrected chi connectivity index (χ2v) is 6.37. The Hall–Kier alpha value is -1.07. The van der Waals surface area contributed by atoms with Gasteiger partial charge in [0.15, 0.2) is 0 Å². The first-order valence-corrected chi connectivity index (χ1v) is 7.84. The summed E-state index contributed by atoms with van der Waals surface area (Å²) < 4.78 is 0.954. The van der Waals surface area contributed by atoms with Crippen molar-refractivity contribution in [2.75, 3.05) is 25.4 Å². The van der Waals surface area contributed by atoms with Gasteiger partial charge in [-0.2, -0.15) is 0 Å². The number of nitrogens with one attached hydrogen (secondary N) is 1. The van der Waals surface area contributed by atoms with Crippen LogP contribution in [0.15, 0.2) is 22.7 Å². The molecule has 1 fully saturated rings. The summed E-state index contributed by atoms with van der Waals surface area (Å²) >= 11 is 3.42. The molecule has 0 aliphatic carbocycles. The van der Waals surface area contributed by atoms with Crippen LogP contribution < -0.4 is 11.1 Å². The fraction of sp³-hybridized carbons (Fsp3) is 0.533. The monoisotopic (exact) mass is 339 g/mol. The lowest BCUT2D eigenvalue weighted by atomic mass is 9.96. The predicted molar refractivity (Wildman–Crippen MR) is 85.2 cm³/mol. The highest BCUT2D eigenvalue weighted by Crippen LogP contribution is 2.23. The number of carbonyl (C=O) groups excluding carboxylic acids is 1. The molecule has 1 amide bonds. The smallest absolute Gasteiger partial charge is 0.216 e. The number of nitrogens with zero attached hydrogens (tertiary/aromatic N) is 1. The number of nitrogen functional groups attached to an aromatic ring is 1. The summed E-state index contributed by atoms with van der Waals surface area (Å²) in [4.78, 5) is 13.4. The molecule has 0 atom stereocenters. The number of likely N-dealkylation sites (tertiary alicyclic amines) is 1. The summed E-state index contributed by atoms with van der Waals surface area (Å²) in [5.74, 6) is 0.683. The molecular weight excluding hydrogens is 318 g/mol. The van der Waals surface area contributed by atoms with E-state index in [9.17, 15) is 4.79 Å². The first kappa shape index (κ1) is 15.3. The van der Waals surface area contributed by atoms with Crippen LogP contribution in [0.25, 0.3) is 0 Å².